The van der Waals surface area contributed by atoms with E-state index in [0.29, 0.717) is 6.04 Å². The van der Waals surface area contributed by atoms with Crippen molar-refractivity contribution in [3.63, 3.8) is 0 Å². The highest BCUT2D eigenvalue weighted by atomic mass is 16.2. The van der Waals surface area contributed by atoms with E-state index in [1.165, 1.54) is 32.1 Å². The van der Waals surface area contributed by atoms with Crippen LogP contribution in [0.2, 0.25) is 0 Å². The second kappa shape index (κ2) is 4.52. The van der Waals surface area contributed by atoms with Crippen LogP contribution in [0.4, 0.5) is 0 Å². The molecule has 2 N–H and O–H groups in total. The van der Waals surface area contributed by atoms with Gasteiger partial charge in [0.1, 0.15) is 0 Å². The summed E-state index contributed by atoms with van der Waals surface area (Å²) in [6.07, 6.45) is 6.31. The third kappa shape index (κ3) is 2.18. The first-order valence-electron chi connectivity index (χ1n) is 7.35. The molecule has 104 valence electrons. The third-order valence-electron chi connectivity index (χ3n) is 5.42. The average molecular weight is 252 g/mol. The monoisotopic (exact) mass is 252 g/mol. The van der Waals surface area contributed by atoms with E-state index in [2.05, 4.69) is 4.90 Å². The second-order valence-electron chi connectivity index (χ2n) is 7.25. The van der Waals surface area contributed by atoms with Crippen LogP contribution < -0.4 is 5.73 Å². The zero-order chi connectivity index (χ0) is 13.6. The highest BCUT2D eigenvalue weighted by Crippen LogP contribution is 2.40. The van der Waals surface area contributed by atoms with E-state index in [-0.39, 0.29) is 5.91 Å². The summed E-state index contributed by atoms with van der Waals surface area (Å²) in [5.74, 6) is 1.00. The van der Waals surface area contributed by atoms with Crippen LogP contribution in [-0.4, -0.2) is 28.9 Å². The number of carbonyl (C=O) groups excluding carboxylic acids is 1. The first kappa shape index (κ1) is 13.9. The van der Waals surface area contributed by atoms with E-state index in [9.17, 15) is 4.79 Å². The van der Waals surface area contributed by atoms with Crippen LogP contribution >= 0.6 is 0 Å². The molecule has 18 heavy (non-hydrogen) atoms. The van der Waals surface area contributed by atoms with Crippen molar-refractivity contribution in [2.75, 3.05) is 6.54 Å². The fourth-order valence-electron chi connectivity index (χ4n) is 3.29. The molecule has 1 saturated carbocycles. The summed E-state index contributed by atoms with van der Waals surface area (Å²) in [4.78, 5) is 15.0. The molecule has 2 atom stereocenters. The smallest absolute Gasteiger partial charge is 0.230 e. The van der Waals surface area contributed by atoms with Gasteiger partial charge in [0.25, 0.3) is 0 Å². The molecule has 0 aromatic carbocycles. The Hall–Kier alpha value is -0.570. The average Bonchev–Trinajstić information content (AvgIpc) is 2.70. The number of nitrogens with zero attached hydrogens (tertiary/aromatic N) is 1. The highest BCUT2D eigenvalue weighted by molar-refractivity contribution is 5.84. The molecule has 0 spiro atoms. The van der Waals surface area contributed by atoms with Gasteiger partial charge in [-0.1, -0.05) is 12.8 Å². The predicted octanol–water partition coefficient (Wildman–Crippen LogP) is 2.54. The van der Waals surface area contributed by atoms with Gasteiger partial charge >= 0.3 is 0 Å². The van der Waals surface area contributed by atoms with Gasteiger partial charge < -0.3 is 10.6 Å². The van der Waals surface area contributed by atoms with E-state index in [4.69, 9.17) is 5.73 Å². The molecule has 0 aromatic heterocycles. The first-order chi connectivity index (χ1) is 8.25. The summed E-state index contributed by atoms with van der Waals surface area (Å²) in [6, 6.07) is 0.493. The lowest BCUT2D eigenvalue weighted by Gasteiger charge is -2.42. The van der Waals surface area contributed by atoms with Gasteiger partial charge in [-0.05, 0) is 52.9 Å². The van der Waals surface area contributed by atoms with Gasteiger partial charge in [0.2, 0.25) is 5.91 Å². The number of carbonyl (C=O) groups is 1. The van der Waals surface area contributed by atoms with E-state index < -0.39 is 11.0 Å². The molecule has 2 unspecified atom stereocenters. The van der Waals surface area contributed by atoms with Crippen LogP contribution in [0.3, 0.4) is 0 Å². The second-order valence-corrected chi connectivity index (χ2v) is 7.25. The molecule has 3 nitrogen and oxygen atoms in total. The van der Waals surface area contributed by atoms with Crippen LogP contribution in [0.1, 0.15) is 59.8 Å². The van der Waals surface area contributed by atoms with Gasteiger partial charge in [0, 0.05) is 18.1 Å². The molecule has 2 fully saturated rings. The van der Waals surface area contributed by atoms with Crippen molar-refractivity contribution in [2.45, 2.75) is 71.4 Å². The maximum atomic E-state index is 12.8. The Balaban J connectivity index is 2.15. The molecule has 0 aromatic rings. The van der Waals surface area contributed by atoms with Crippen LogP contribution in [0, 0.1) is 11.3 Å². The molecule has 0 bridgehead atoms. The van der Waals surface area contributed by atoms with Crippen LogP contribution in [0.15, 0.2) is 0 Å². The van der Waals surface area contributed by atoms with Gasteiger partial charge in [0.05, 0.1) is 5.41 Å². The van der Waals surface area contributed by atoms with Crippen molar-refractivity contribution in [2.24, 2.45) is 17.1 Å². The summed E-state index contributed by atoms with van der Waals surface area (Å²) in [7, 11) is 0. The minimum absolute atomic E-state index is 0.254. The van der Waals surface area contributed by atoms with Gasteiger partial charge in [-0.25, -0.2) is 0 Å². The van der Waals surface area contributed by atoms with Gasteiger partial charge in [-0.15, -0.1) is 0 Å². The molecule has 1 aliphatic carbocycles. The highest BCUT2D eigenvalue weighted by Gasteiger charge is 2.47. The summed E-state index contributed by atoms with van der Waals surface area (Å²) in [6.45, 7) is 8.84. The predicted molar refractivity (Wildman–Crippen MR) is 74.1 cm³/mol. The zero-order valence-electron chi connectivity index (χ0n) is 12.3. The van der Waals surface area contributed by atoms with Crippen molar-refractivity contribution in [3.05, 3.63) is 0 Å². The Labute approximate surface area is 111 Å². The fourth-order valence-corrected chi connectivity index (χ4v) is 3.29. The largest absolute Gasteiger partial charge is 0.339 e. The zero-order valence-corrected chi connectivity index (χ0v) is 12.3. The number of amides is 1. The molecule has 1 amide bonds. The standard InChI is InChI=1S/C15H28N2O/c1-14(2,15(3,4)16)13(18)17-10-9-11-7-5-6-8-12(11)17/h11-12H,5-10,16H2,1-4H3. The lowest BCUT2D eigenvalue weighted by atomic mass is 9.73. The minimum atomic E-state index is -0.487. The van der Waals surface area contributed by atoms with Gasteiger partial charge in [-0.2, -0.15) is 0 Å². The van der Waals surface area contributed by atoms with Crippen LogP contribution in [0.25, 0.3) is 0 Å². The summed E-state index contributed by atoms with van der Waals surface area (Å²) in [5.41, 5.74) is 5.24. The van der Waals surface area contributed by atoms with Gasteiger partial charge in [-0.3, -0.25) is 4.79 Å². The molecule has 3 heteroatoms. The number of hydrogen-bond donors (Lipinski definition) is 1. The van der Waals surface area contributed by atoms with Crippen LogP contribution in [-0.2, 0) is 4.79 Å². The van der Waals surface area contributed by atoms with E-state index in [1.807, 2.05) is 27.7 Å². The van der Waals surface area contributed by atoms with E-state index >= 15 is 0 Å². The van der Waals surface area contributed by atoms with Crippen molar-refractivity contribution >= 4 is 5.91 Å². The molecule has 1 saturated heterocycles. The Morgan fingerprint density at radius 1 is 1.11 bits per heavy atom. The van der Waals surface area contributed by atoms with Crippen molar-refractivity contribution in [1.82, 2.24) is 4.90 Å². The topological polar surface area (TPSA) is 46.3 Å². The number of fused-ring (bicyclic) bond motifs is 1. The number of rotatable bonds is 2. The summed E-state index contributed by atoms with van der Waals surface area (Å²) >= 11 is 0. The maximum absolute atomic E-state index is 12.8. The Bertz CT molecular complexity index is 330. The maximum Gasteiger partial charge on any atom is 0.230 e. The van der Waals surface area contributed by atoms with Crippen molar-refractivity contribution < 1.29 is 4.79 Å². The SMILES string of the molecule is CC(C)(N)C(C)(C)C(=O)N1CCC2CCCCC21. The Morgan fingerprint density at radius 2 is 1.72 bits per heavy atom. The lowest BCUT2D eigenvalue weighted by molar-refractivity contribution is -0.145. The summed E-state index contributed by atoms with van der Waals surface area (Å²) < 4.78 is 0. The van der Waals surface area contributed by atoms with E-state index in [0.717, 1.165) is 12.5 Å². The first-order valence-corrected chi connectivity index (χ1v) is 7.35. The number of hydrogen-bond acceptors (Lipinski definition) is 2. The van der Waals surface area contributed by atoms with Crippen molar-refractivity contribution in [1.29, 1.82) is 0 Å². The Kier molecular flexibility index (Phi) is 3.48. The molecule has 2 aliphatic rings. The van der Waals surface area contributed by atoms with Gasteiger partial charge in [0.15, 0.2) is 0 Å². The number of likely N-dealkylation sites (tertiary alicyclic amines) is 1. The Morgan fingerprint density at radius 3 is 2.33 bits per heavy atom. The molecular weight excluding hydrogens is 224 g/mol. The molecular formula is C15H28N2O. The number of nitrogens with two attached hydrogens (primary N) is 1. The van der Waals surface area contributed by atoms with Crippen molar-refractivity contribution in [3.8, 4) is 0 Å². The minimum Gasteiger partial charge on any atom is -0.339 e. The molecule has 1 heterocycles. The fraction of sp³-hybridized carbons (Fsp3) is 0.933. The normalized spacial score (nSPS) is 29.3. The molecule has 1 aliphatic heterocycles. The quantitative estimate of drug-likeness (QED) is 0.821. The van der Waals surface area contributed by atoms with Crippen LogP contribution in [0.5, 0.6) is 0 Å². The summed E-state index contributed by atoms with van der Waals surface area (Å²) in [5, 5.41) is 0. The molecule has 2 rings (SSSR count). The lowest BCUT2D eigenvalue weighted by Crippen LogP contribution is -2.57. The van der Waals surface area contributed by atoms with E-state index in [1.54, 1.807) is 0 Å². The third-order valence-corrected chi connectivity index (χ3v) is 5.42. The molecule has 0 radical (unpaired) electrons.